The highest BCUT2D eigenvalue weighted by Gasteiger charge is 2.30. The van der Waals surface area contributed by atoms with Crippen LogP contribution < -0.4 is 15.5 Å². The second-order valence-electron chi connectivity index (χ2n) is 7.56. The highest BCUT2D eigenvalue weighted by atomic mass is 19.1. The van der Waals surface area contributed by atoms with E-state index in [4.69, 9.17) is 0 Å². The van der Waals surface area contributed by atoms with E-state index < -0.39 is 5.82 Å². The number of likely N-dealkylation sites (N-methyl/N-ethyl adjacent to an activating group) is 1. The molecule has 7 nitrogen and oxygen atoms in total. The summed E-state index contributed by atoms with van der Waals surface area (Å²) in [6, 6.07) is 11.0. The molecule has 0 saturated carbocycles. The predicted molar refractivity (Wildman–Crippen MR) is 114 cm³/mol. The first-order chi connectivity index (χ1) is 14.2. The molecule has 2 aromatic carbocycles. The number of hydrogen-bond acceptors (Lipinski definition) is 4. The number of carbonyl (C=O) groups excluding carboxylic acids is 3. The molecule has 1 aliphatic rings. The summed E-state index contributed by atoms with van der Waals surface area (Å²) >= 11 is 0. The molecule has 30 heavy (non-hydrogen) atoms. The molecule has 0 aliphatic carbocycles. The first-order valence-electron chi connectivity index (χ1n) is 9.70. The van der Waals surface area contributed by atoms with E-state index >= 15 is 0 Å². The number of nitrogens with zero attached hydrogens (tertiary/aromatic N) is 2. The van der Waals surface area contributed by atoms with Crippen LogP contribution in [0.5, 0.6) is 0 Å². The van der Waals surface area contributed by atoms with Crippen molar-refractivity contribution in [1.82, 2.24) is 4.90 Å². The first kappa shape index (κ1) is 21.4. The van der Waals surface area contributed by atoms with Crippen molar-refractivity contribution >= 4 is 34.8 Å². The Morgan fingerprint density at radius 3 is 2.73 bits per heavy atom. The van der Waals surface area contributed by atoms with Crippen molar-refractivity contribution in [3.63, 3.8) is 0 Å². The summed E-state index contributed by atoms with van der Waals surface area (Å²) in [5.41, 5.74) is 2.37. The van der Waals surface area contributed by atoms with Crippen LogP contribution in [0.2, 0.25) is 0 Å². The van der Waals surface area contributed by atoms with Crippen LogP contribution in [0.3, 0.4) is 0 Å². The van der Waals surface area contributed by atoms with Crippen molar-refractivity contribution in [1.29, 1.82) is 0 Å². The third-order valence-corrected chi connectivity index (χ3v) is 4.92. The van der Waals surface area contributed by atoms with Crippen LogP contribution in [0, 0.1) is 12.7 Å². The Morgan fingerprint density at radius 1 is 1.23 bits per heavy atom. The maximum Gasteiger partial charge on any atom is 0.241 e. The predicted octanol–water partition coefficient (Wildman–Crippen LogP) is 2.77. The van der Waals surface area contributed by atoms with Crippen molar-refractivity contribution in [2.24, 2.45) is 0 Å². The molecule has 1 aliphatic heterocycles. The normalized spacial score (nSPS) is 16.0. The minimum atomic E-state index is -0.434. The summed E-state index contributed by atoms with van der Waals surface area (Å²) in [6.07, 6.45) is 0.184. The number of aryl methyl sites for hydroxylation is 1. The van der Waals surface area contributed by atoms with Crippen molar-refractivity contribution < 1.29 is 18.8 Å². The minimum absolute atomic E-state index is 0.0115. The second kappa shape index (κ2) is 9.04. The number of para-hydroxylation sites is 2. The molecule has 0 aromatic heterocycles. The Balaban J connectivity index is 1.67. The van der Waals surface area contributed by atoms with Gasteiger partial charge >= 0.3 is 0 Å². The van der Waals surface area contributed by atoms with Gasteiger partial charge in [-0.25, -0.2) is 4.39 Å². The quantitative estimate of drug-likeness (QED) is 0.791. The third kappa shape index (κ3) is 5.01. The van der Waals surface area contributed by atoms with E-state index in [1.165, 1.54) is 12.1 Å². The fraction of sp³-hybridized carbons (Fsp3) is 0.318. The number of nitrogens with one attached hydrogen (secondary N) is 2. The van der Waals surface area contributed by atoms with Crippen molar-refractivity contribution in [2.45, 2.75) is 26.3 Å². The molecule has 158 valence electrons. The van der Waals surface area contributed by atoms with Gasteiger partial charge in [-0.2, -0.15) is 0 Å². The van der Waals surface area contributed by atoms with Gasteiger partial charge in [-0.3, -0.25) is 19.3 Å². The van der Waals surface area contributed by atoms with Crippen LogP contribution in [-0.2, 0) is 14.4 Å². The molecule has 0 fully saturated rings. The van der Waals surface area contributed by atoms with E-state index in [1.807, 2.05) is 13.0 Å². The number of amides is 3. The number of hydrogen-bond donors (Lipinski definition) is 2. The van der Waals surface area contributed by atoms with Crippen LogP contribution in [0.1, 0.15) is 18.9 Å². The SMILES string of the molecule is Cc1ccc(F)cc1NC(=O)CN(C)CC(=O)N1c2ccccc2NC(=O)C[C@H]1C. The minimum Gasteiger partial charge on any atom is -0.325 e. The number of halogens is 1. The van der Waals surface area contributed by atoms with E-state index in [0.717, 1.165) is 5.56 Å². The molecule has 0 saturated heterocycles. The average molecular weight is 412 g/mol. The first-order valence-corrected chi connectivity index (χ1v) is 9.70. The highest BCUT2D eigenvalue weighted by Crippen LogP contribution is 2.31. The van der Waals surface area contributed by atoms with Gasteiger partial charge in [0.1, 0.15) is 5.82 Å². The van der Waals surface area contributed by atoms with E-state index in [2.05, 4.69) is 10.6 Å². The lowest BCUT2D eigenvalue weighted by Crippen LogP contribution is -2.45. The van der Waals surface area contributed by atoms with E-state index in [0.29, 0.717) is 17.1 Å². The van der Waals surface area contributed by atoms with Crippen molar-refractivity contribution in [3.8, 4) is 0 Å². The average Bonchev–Trinajstić information content (AvgIpc) is 2.78. The molecular formula is C22H25FN4O3. The number of fused-ring (bicyclic) bond motifs is 1. The smallest absolute Gasteiger partial charge is 0.241 e. The topological polar surface area (TPSA) is 81.8 Å². The molecule has 0 spiro atoms. The van der Waals surface area contributed by atoms with Gasteiger partial charge in [-0.1, -0.05) is 18.2 Å². The van der Waals surface area contributed by atoms with Gasteiger partial charge in [0.15, 0.2) is 0 Å². The van der Waals surface area contributed by atoms with Gasteiger partial charge in [0, 0.05) is 18.2 Å². The maximum atomic E-state index is 13.4. The third-order valence-electron chi connectivity index (χ3n) is 4.92. The molecule has 3 amide bonds. The number of carbonyl (C=O) groups is 3. The molecular weight excluding hydrogens is 387 g/mol. The summed E-state index contributed by atoms with van der Waals surface area (Å²) in [5, 5.41) is 5.49. The van der Waals surface area contributed by atoms with Crippen LogP contribution in [0.4, 0.5) is 21.5 Å². The number of rotatable bonds is 5. The molecule has 3 rings (SSSR count). The standard InChI is InChI=1S/C22H25FN4O3/c1-14-8-9-16(23)11-18(14)25-21(29)12-26(3)13-22(30)27-15(2)10-20(28)24-17-6-4-5-7-19(17)27/h4-9,11,15H,10,12-13H2,1-3H3,(H,24,28)(H,25,29)/t15-/m1/s1. The summed E-state index contributed by atoms with van der Waals surface area (Å²) in [6.45, 7) is 3.54. The fourth-order valence-electron chi connectivity index (χ4n) is 3.49. The van der Waals surface area contributed by atoms with Crippen molar-refractivity contribution in [3.05, 3.63) is 53.8 Å². The van der Waals surface area contributed by atoms with Crippen LogP contribution >= 0.6 is 0 Å². The molecule has 0 radical (unpaired) electrons. The summed E-state index contributed by atoms with van der Waals surface area (Å²) in [7, 11) is 1.66. The largest absolute Gasteiger partial charge is 0.325 e. The van der Waals surface area contributed by atoms with Gasteiger partial charge in [-0.05, 0) is 50.7 Å². The lowest BCUT2D eigenvalue weighted by molar-refractivity contribution is -0.121. The summed E-state index contributed by atoms with van der Waals surface area (Å²) in [4.78, 5) is 40.7. The molecule has 1 atom stereocenters. The van der Waals surface area contributed by atoms with Crippen LogP contribution in [0.15, 0.2) is 42.5 Å². The van der Waals surface area contributed by atoms with Gasteiger partial charge in [0.25, 0.3) is 0 Å². The van der Waals surface area contributed by atoms with Crippen molar-refractivity contribution in [2.75, 3.05) is 35.7 Å². The van der Waals surface area contributed by atoms with Gasteiger partial charge in [0.2, 0.25) is 17.7 Å². The Morgan fingerprint density at radius 2 is 1.97 bits per heavy atom. The lowest BCUT2D eigenvalue weighted by Gasteiger charge is -2.29. The lowest BCUT2D eigenvalue weighted by atomic mass is 10.1. The highest BCUT2D eigenvalue weighted by molar-refractivity contribution is 6.05. The van der Waals surface area contributed by atoms with Crippen LogP contribution in [-0.4, -0.2) is 48.8 Å². The van der Waals surface area contributed by atoms with E-state index in [9.17, 15) is 18.8 Å². The fourth-order valence-corrected chi connectivity index (χ4v) is 3.49. The summed E-state index contributed by atoms with van der Waals surface area (Å²) < 4.78 is 13.4. The number of benzene rings is 2. The zero-order valence-corrected chi connectivity index (χ0v) is 17.2. The second-order valence-corrected chi connectivity index (χ2v) is 7.56. The summed E-state index contributed by atoms with van der Waals surface area (Å²) in [5.74, 6) is -1.15. The van der Waals surface area contributed by atoms with Gasteiger partial charge in [-0.15, -0.1) is 0 Å². The maximum absolute atomic E-state index is 13.4. The molecule has 2 N–H and O–H groups in total. The van der Waals surface area contributed by atoms with E-state index in [1.54, 1.807) is 48.0 Å². The zero-order valence-electron chi connectivity index (χ0n) is 17.2. The molecule has 1 heterocycles. The molecule has 0 unspecified atom stereocenters. The van der Waals surface area contributed by atoms with Gasteiger partial charge in [0.05, 0.1) is 24.5 Å². The number of anilines is 3. The molecule has 0 bridgehead atoms. The Kier molecular flexibility index (Phi) is 6.47. The molecule has 8 heteroatoms. The van der Waals surface area contributed by atoms with E-state index in [-0.39, 0.29) is 43.3 Å². The zero-order chi connectivity index (χ0) is 21.8. The Hall–Kier alpha value is -3.26. The van der Waals surface area contributed by atoms with Crippen LogP contribution in [0.25, 0.3) is 0 Å². The Labute approximate surface area is 174 Å². The van der Waals surface area contributed by atoms with Gasteiger partial charge < -0.3 is 15.5 Å². The molecule has 2 aromatic rings. The Bertz CT molecular complexity index is 979. The monoisotopic (exact) mass is 412 g/mol.